The van der Waals surface area contributed by atoms with Gasteiger partial charge in [0.15, 0.2) is 0 Å². The van der Waals surface area contributed by atoms with Gasteiger partial charge in [-0.2, -0.15) is 0 Å². The Labute approximate surface area is 107 Å². The summed E-state index contributed by atoms with van der Waals surface area (Å²) in [6.07, 6.45) is 4.64. The number of aromatic nitrogens is 2. The van der Waals surface area contributed by atoms with Gasteiger partial charge in [-0.15, -0.1) is 0 Å². The Balaban J connectivity index is 2.44. The normalized spacial score (nSPS) is 10.8. The minimum Gasteiger partial charge on any atom is -0.351 e. The monoisotopic (exact) mass is 245 g/mol. The number of aryl methyl sites for hydroxylation is 1. The second kappa shape index (κ2) is 5.67. The first kappa shape index (κ1) is 12.6. The van der Waals surface area contributed by atoms with E-state index in [4.69, 9.17) is 0 Å². The minimum atomic E-state index is -0.0287. The van der Waals surface area contributed by atoms with Gasteiger partial charge in [0, 0.05) is 12.7 Å². The number of fused-ring (bicyclic) bond motifs is 1. The molecule has 2 aromatic rings. The van der Waals surface area contributed by atoms with Crippen molar-refractivity contribution in [2.24, 2.45) is 0 Å². The molecular weight excluding hydrogens is 226 g/mol. The van der Waals surface area contributed by atoms with Crippen molar-refractivity contribution >= 4 is 11.6 Å². The molecule has 0 spiro atoms. The van der Waals surface area contributed by atoms with Gasteiger partial charge < -0.3 is 5.32 Å². The summed E-state index contributed by atoms with van der Waals surface area (Å²) in [5.41, 5.74) is 2.40. The molecule has 1 N–H and O–H groups in total. The molecule has 18 heavy (non-hydrogen) atoms. The fourth-order valence-electron chi connectivity index (χ4n) is 2.02. The van der Waals surface area contributed by atoms with E-state index in [2.05, 4.69) is 17.2 Å². The fourth-order valence-corrected chi connectivity index (χ4v) is 2.02. The highest BCUT2D eigenvalue weighted by atomic mass is 16.1. The predicted octanol–water partition coefficient (Wildman–Crippen LogP) is 2.43. The number of amides is 1. The molecule has 0 fully saturated rings. The summed E-state index contributed by atoms with van der Waals surface area (Å²) < 4.78 is 1.87. The lowest BCUT2D eigenvalue weighted by molar-refractivity contribution is 0.0946. The summed E-state index contributed by atoms with van der Waals surface area (Å²) >= 11 is 0. The molecule has 0 aromatic carbocycles. The number of carbonyl (C=O) groups excluding carboxylic acids is 1. The van der Waals surface area contributed by atoms with E-state index in [-0.39, 0.29) is 5.91 Å². The number of pyridine rings is 1. The zero-order valence-electron chi connectivity index (χ0n) is 10.9. The maximum absolute atomic E-state index is 12.2. The number of rotatable bonds is 5. The average Bonchev–Trinajstić information content (AvgIpc) is 2.74. The van der Waals surface area contributed by atoms with Gasteiger partial charge >= 0.3 is 0 Å². The number of carbonyl (C=O) groups is 1. The topological polar surface area (TPSA) is 46.4 Å². The number of hydrogen-bond donors (Lipinski definition) is 1. The largest absolute Gasteiger partial charge is 0.351 e. The predicted molar refractivity (Wildman–Crippen MR) is 71.8 cm³/mol. The van der Waals surface area contributed by atoms with Crippen LogP contribution in [0.25, 0.3) is 5.65 Å². The highest BCUT2D eigenvalue weighted by molar-refractivity contribution is 5.94. The second-order valence-corrected chi connectivity index (χ2v) is 4.34. The van der Waals surface area contributed by atoms with Crippen LogP contribution in [0.5, 0.6) is 0 Å². The quantitative estimate of drug-likeness (QED) is 0.879. The number of nitrogens with one attached hydrogen (secondary N) is 1. The first-order valence-electron chi connectivity index (χ1n) is 6.52. The highest BCUT2D eigenvalue weighted by Crippen LogP contribution is 2.14. The van der Waals surface area contributed by atoms with Crippen LogP contribution in [0, 0.1) is 0 Å². The Kier molecular flexibility index (Phi) is 3.97. The number of imidazole rings is 1. The van der Waals surface area contributed by atoms with Crippen molar-refractivity contribution in [2.75, 3.05) is 6.54 Å². The molecule has 0 saturated heterocycles. The lowest BCUT2D eigenvalue weighted by Crippen LogP contribution is -2.26. The van der Waals surface area contributed by atoms with Crippen LogP contribution in [0.15, 0.2) is 24.4 Å². The van der Waals surface area contributed by atoms with Crippen LogP contribution in [0.1, 0.15) is 42.9 Å². The van der Waals surface area contributed by atoms with Gasteiger partial charge in [0.1, 0.15) is 11.3 Å². The Bertz CT molecular complexity index is 545. The van der Waals surface area contributed by atoms with Gasteiger partial charge in [-0.05, 0) is 25.0 Å². The van der Waals surface area contributed by atoms with Crippen molar-refractivity contribution in [3.63, 3.8) is 0 Å². The number of hydrogen-bond acceptors (Lipinski definition) is 2. The van der Waals surface area contributed by atoms with Crippen LogP contribution in [0.4, 0.5) is 0 Å². The second-order valence-electron chi connectivity index (χ2n) is 4.34. The first-order chi connectivity index (χ1) is 8.77. The third-order valence-electron chi connectivity index (χ3n) is 2.84. The van der Waals surface area contributed by atoms with E-state index in [9.17, 15) is 4.79 Å². The molecule has 0 radical (unpaired) electrons. The van der Waals surface area contributed by atoms with E-state index in [0.717, 1.165) is 30.6 Å². The summed E-state index contributed by atoms with van der Waals surface area (Å²) in [4.78, 5) is 16.7. The lowest BCUT2D eigenvalue weighted by atomic mass is 10.2. The Morgan fingerprint density at radius 1 is 1.33 bits per heavy atom. The average molecular weight is 245 g/mol. The molecule has 0 aliphatic carbocycles. The van der Waals surface area contributed by atoms with E-state index >= 15 is 0 Å². The summed E-state index contributed by atoms with van der Waals surface area (Å²) in [5, 5.41) is 2.93. The summed E-state index contributed by atoms with van der Waals surface area (Å²) in [6, 6.07) is 5.78. The summed E-state index contributed by atoms with van der Waals surface area (Å²) in [6.45, 7) is 4.84. The van der Waals surface area contributed by atoms with Crippen LogP contribution < -0.4 is 5.32 Å². The minimum absolute atomic E-state index is 0.0287. The van der Waals surface area contributed by atoms with Crippen LogP contribution in [0.2, 0.25) is 0 Å². The van der Waals surface area contributed by atoms with E-state index in [0.29, 0.717) is 12.2 Å². The van der Waals surface area contributed by atoms with Gasteiger partial charge in [0.25, 0.3) is 5.91 Å². The standard InChI is InChI=1S/C14H19N3O/c1-3-7-11-13(14(18)15-9-4-2)17-10-6-5-8-12(17)16-11/h5-6,8,10H,3-4,7,9H2,1-2H3,(H,15,18). The van der Waals surface area contributed by atoms with E-state index in [1.54, 1.807) is 0 Å². The van der Waals surface area contributed by atoms with Gasteiger partial charge in [0.2, 0.25) is 0 Å². The zero-order chi connectivity index (χ0) is 13.0. The van der Waals surface area contributed by atoms with Gasteiger partial charge in [-0.25, -0.2) is 4.98 Å². The third-order valence-corrected chi connectivity index (χ3v) is 2.84. The third kappa shape index (κ3) is 2.37. The molecule has 4 heteroatoms. The van der Waals surface area contributed by atoms with Crippen molar-refractivity contribution in [1.29, 1.82) is 0 Å². The van der Waals surface area contributed by atoms with Crippen LogP contribution in [-0.2, 0) is 6.42 Å². The molecule has 0 atom stereocenters. The van der Waals surface area contributed by atoms with Gasteiger partial charge in [-0.1, -0.05) is 26.3 Å². The molecule has 96 valence electrons. The number of nitrogens with zero attached hydrogens (tertiary/aromatic N) is 2. The smallest absolute Gasteiger partial charge is 0.270 e. The Morgan fingerprint density at radius 2 is 2.17 bits per heavy atom. The van der Waals surface area contributed by atoms with Crippen molar-refractivity contribution < 1.29 is 4.79 Å². The van der Waals surface area contributed by atoms with E-state index < -0.39 is 0 Å². The van der Waals surface area contributed by atoms with Crippen molar-refractivity contribution in [3.8, 4) is 0 Å². The first-order valence-corrected chi connectivity index (χ1v) is 6.52. The summed E-state index contributed by atoms with van der Waals surface area (Å²) in [5.74, 6) is -0.0287. The molecule has 0 unspecified atom stereocenters. The molecule has 0 saturated carbocycles. The molecule has 2 aromatic heterocycles. The molecule has 1 amide bonds. The van der Waals surface area contributed by atoms with Crippen LogP contribution in [0.3, 0.4) is 0 Å². The molecule has 0 aliphatic heterocycles. The van der Waals surface area contributed by atoms with Crippen molar-refractivity contribution in [1.82, 2.24) is 14.7 Å². The van der Waals surface area contributed by atoms with Crippen LogP contribution >= 0.6 is 0 Å². The fraction of sp³-hybridized carbons (Fsp3) is 0.429. The molecule has 2 rings (SSSR count). The van der Waals surface area contributed by atoms with Crippen LogP contribution in [-0.4, -0.2) is 21.8 Å². The van der Waals surface area contributed by atoms with Crippen molar-refractivity contribution in [3.05, 3.63) is 35.8 Å². The van der Waals surface area contributed by atoms with E-state index in [1.165, 1.54) is 0 Å². The molecule has 4 nitrogen and oxygen atoms in total. The molecule has 0 aliphatic rings. The molecule has 2 heterocycles. The van der Waals surface area contributed by atoms with Crippen molar-refractivity contribution in [2.45, 2.75) is 33.1 Å². The lowest BCUT2D eigenvalue weighted by Gasteiger charge is -2.05. The molecule has 0 bridgehead atoms. The maximum atomic E-state index is 12.2. The maximum Gasteiger partial charge on any atom is 0.270 e. The zero-order valence-corrected chi connectivity index (χ0v) is 10.9. The summed E-state index contributed by atoms with van der Waals surface area (Å²) in [7, 11) is 0. The van der Waals surface area contributed by atoms with E-state index in [1.807, 2.05) is 35.7 Å². The Hall–Kier alpha value is -1.84. The van der Waals surface area contributed by atoms with Gasteiger partial charge in [0.05, 0.1) is 5.69 Å². The SMILES string of the molecule is CCCNC(=O)c1c(CCC)nc2ccccn12. The molecular formula is C14H19N3O. The Morgan fingerprint density at radius 3 is 2.89 bits per heavy atom. The highest BCUT2D eigenvalue weighted by Gasteiger charge is 2.17. The van der Waals surface area contributed by atoms with Gasteiger partial charge in [-0.3, -0.25) is 9.20 Å².